The van der Waals surface area contributed by atoms with E-state index >= 15 is 0 Å². The molecule has 124 valence electrons. The van der Waals surface area contributed by atoms with Crippen molar-refractivity contribution in [3.8, 4) is 0 Å². The van der Waals surface area contributed by atoms with Crippen LogP contribution in [0, 0.1) is 0 Å². The summed E-state index contributed by atoms with van der Waals surface area (Å²) in [6.45, 7) is 5.06. The number of rotatable bonds is 7. The van der Waals surface area contributed by atoms with E-state index in [0.717, 1.165) is 4.88 Å². The first-order valence-corrected chi connectivity index (χ1v) is 8.56. The Labute approximate surface area is 143 Å². The molecule has 0 radical (unpaired) electrons. The molecule has 1 aromatic carbocycles. The molecule has 0 aliphatic carbocycles. The van der Waals surface area contributed by atoms with E-state index in [0.29, 0.717) is 30.7 Å². The van der Waals surface area contributed by atoms with E-state index < -0.39 is 5.76 Å². The molecule has 0 aliphatic rings. The third kappa shape index (κ3) is 3.49. The first-order chi connectivity index (χ1) is 11.7. The van der Waals surface area contributed by atoms with Crippen LogP contribution in [0.25, 0.3) is 11.1 Å². The lowest BCUT2D eigenvalue weighted by atomic mass is 10.3. The average molecular weight is 342 g/mol. The predicted octanol–water partition coefficient (Wildman–Crippen LogP) is 3.26. The summed E-state index contributed by atoms with van der Waals surface area (Å²) >= 11 is 1.62. The summed E-state index contributed by atoms with van der Waals surface area (Å²) in [6.07, 6.45) is 1.95. The van der Waals surface area contributed by atoms with Crippen LogP contribution in [0.1, 0.15) is 11.3 Å². The summed E-state index contributed by atoms with van der Waals surface area (Å²) in [5.74, 6) is -0.446. The summed E-state index contributed by atoms with van der Waals surface area (Å²) in [7, 11) is 0. The third-order valence-electron chi connectivity index (χ3n) is 3.75. The Kier molecular flexibility index (Phi) is 4.96. The highest BCUT2D eigenvalue weighted by Crippen LogP contribution is 2.15. The number of fused-ring (bicyclic) bond motifs is 1. The highest BCUT2D eigenvalue weighted by Gasteiger charge is 2.15. The lowest BCUT2D eigenvalue weighted by Gasteiger charge is -2.20. The molecular weight excluding hydrogens is 324 g/mol. The van der Waals surface area contributed by atoms with Crippen LogP contribution >= 0.6 is 11.3 Å². The highest BCUT2D eigenvalue weighted by molar-refractivity contribution is 7.09. The molecule has 0 aliphatic heterocycles. The Hall–Kier alpha value is -2.60. The maximum atomic E-state index is 12.5. The molecule has 0 spiro atoms. The van der Waals surface area contributed by atoms with Crippen LogP contribution < -0.4 is 5.76 Å². The minimum Gasteiger partial charge on any atom is -0.408 e. The van der Waals surface area contributed by atoms with Gasteiger partial charge < -0.3 is 9.32 Å². The van der Waals surface area contributed by atoms with E-state index in [2.05, 4.69) is 6.58 Å². The standard InChI is InChI=1S/C18H18N2O3S/c1-2-10-19(13-14-6-5-12-24-14)17(21)9-11-20-15-7-3-4-8-16(15)23-18(20)22/h2-8,12H,1,9-11,13H2. The van der Waals surface area contributed by atoms with Crippen LogP contribution in [-0.2, 0) is 17.9 Å². The lowest BCUT2D eigenvalue weighted by molar-refractivity contribution is -0.131. The van der Waals surface area contributed by atoms with Crippen LogP contribution in [0.4, 0.5) is 0 Å². The number of oxazole rings is 1. The van der Waals surface area contributed by atoms with Crippen LogP contribution in [0.5, 0.6) is 0 Å². The zero-order chi connectivity index (χ0) is 16.9. The number of para-hydroxylation sites is 2. The number of thiophene rings is 1. The molecule has 5 nitrogen and oxygen atoms in total. The highest BCUT2D eigenvalue weighted by atomic mass is 32.1. The number of hydrogen-bond acceptors (Lipinski definition) is 4. The molecule has 0 atom stereocenters. The van der Waals surface area contributed by atoms with E-state index in [1.165, 1.54) is 4.57 Å². The number of aromatic nitrogens is 1. The van der Waals surface area contributed by atoms with Gasteiger partial charge in [0.25, 0.3) is 0 Å². The van der Waals surface area contributed by atoms with Crippen molar-refractivity contribution in [2.75, 3.05) is 6.54 Å². The van der Waals surface area contributed by atoms with Crippen molar-refractivity contribution >= 4 is 28.3 Å². The van der Waals surface area contributed by atoms with Crippen molar-refractivity contribution in [2.24, 2.45) is 0 Å². The molecule has 24 heavy (non-hydrogen) atoms. The van der Waals surface area contributed by atoms with Gasteiger partial charge in [0.2, 0.25) is 5.91 Å². The topological polar surface area (TPSA) is 55.5 Å². The van der Waals surface area contributed by atoms with Gasteiger partial charge in [-0.05, 0) is 23.6 Å². The zero-order valence-electron chi connectivity index (χ0n) is 13.2. The van der Waals surface area contributed by atoms with Crippen molar-refractivity contribution < 1.29 is 9.21 Å². The van der Waals surface area contributed by atoms with E-state index in [1.807, 2.05) is 35.7 Å². The summed E-state index contributed by atoms with van der Waals surface area (Å²) < 4.78 is 6.70. The van der Waals surface area contributed by atoms with Crippen molar-refractivity contribution in [1.29, 1.82) is 0 Å². The van der Waals surface area contributed by atoms with Crippen molar-refractivity contribution in [3.05, 3.63) is 69.9 Å². The first-order valence-electron chi connectivity index (χ1n) is 7.68. The fourth-order valence-corrected chi connectivity index (χ4v) is 3.31. The first kappa shape index (κ1) is 16.3. The van der Waals surface area contributed by atoms with Crippen molar-refractivity contribution in [3.63, 3.8) is 0 Å². The van der Waals surface area contributed by atoms with E-state index in [1.54, 1.807) is 28.4 Å². The van der Waals surface area contributed by atoms with Gasteiger partial charge in [-0.15, -0.1) is 17.9 Å². The number of aryl methyl sites for hydroxylation is 1. The Morgan fingerprint density at radius 2 is 2.12 bits per heavy atom. The van der Waals surface area contributed by atoms with Gasteiger partial charge in [0.15, 0.2) is 5.58 Å². The Bertz CT molecular complexity index is 893. The second-order valence-electron chi connectivity index (χ2n) is 5.38. The van der Waals surface area contributed by atoms with Gasteiger partial charge in [-0.3, -0.25) is 9.36 Å². The van der Waals surface area contributed by atoms with E-state index in [4.69, 9.17) is 4.42 Å². The molecule has 2 heterocycles. The van der Waals surface area contributed by atoms with E-state index in [-0.39, 0.29) is 12.3 Å². The molecule has 3 aromatic rings. The van der Waals surface area contributed by atoms with Gasteiger partial charge in [-0.25, -0.2) is 4.79 Å². The minimum absolute atomic E-state index is 0.0134. The molecule has 0 fully saturated rings. The molecule has 0 bridgehead atoms. The van der Waals surface area contributed by atoms with Crippen LogP contribution in [0.2, 0.25) is 0 Å². The molecule has 6 heteroatoms. The van der Waals surface area contributed by atoms with Crippen LogP contribution in [0.15, 0.2) is 63.6 Å². The lowest BCUT2D eigenvalue weighted by Crippen LogP contribution is -2.31. The Balaban J connectivity index is 1.71. The Morgan fingerprint density at radius 3 is 2.88 bits per heavy atom. The summed E-state index contributed by atoms with van der Waals surface area (Å²) in [4.78, 5) is 27.4. The van der Waals surface area contributed by atoms with Gasteiger partial charge in [-0.1, -0.05) is 24.3 Å². The molecule has 0 N–H and O–H groups in total. The largest absolute Gasteiger partial charge is 0.419 e. The van der Waals surface area contributed by atoms with E-state index in [9.17, 15) is 9.59 Å². The van der Waals surface area contributed by atoms with Gasteiger partial charge >= 0.3 is 5.76 Å². The average Bonchev–Trinajstić information content (AvgIpc) is 3.19. The fourth-order valence-electron chi connectivity index (χ4n) is 2.59. The van der Waals surface area contributed by atoms with Gasteiger partial charge in [0.05, 0.1) is 12.1 Å². The number of hydrogen-bond donors (Lipinski definition) is 0. The minimum atomic E-state index is -0.433. The zero-order valence-corrected chi connectivity index (χ0v) is 14.0. The summed E-state index contributed by atoms with van der Waals surface area (Å²) in [5.41, 5.74) is 1.25. The van der Waals surface area contributed by atoms with Gasteiger partial charge in [0, 0.05) is 24.4 Å². The van der Waals surface area contributed by atoms with Crippen molar-refractivity contribution in [1.82, 2.24) is 9.47 Å². The fraction of sp³-hybridized carbons (Fsp3) is 0.222. The number of carbonyl (C=O) groups is 1. The number of carbonyl (C=O) groups excluding carboxylic acids is 1. The summed E-state index contributed by atoms with van der Waals surface area (Å²) in [6, 6.07) is 11.2. The smallest absolute Gasteiger partial charge is 0.408 e. The molecule has 0 saturated heterocycles. The number of amides is 1. The molecule has 2 aromatic heterocycles. The molecular formula is C18H18N2O3S. The second-order valence-corrected chi connectivity index (χ2v) is 6.41. The maximum Gasteiger partial charge on any atom is 0.419 e. The third-order valence-corrected chi connectivity index (χ3v) is 4.61. The quantitative estimate of drug-likeness (QED) is 0.619. The molecule has 0 unspecified atom stereocenters. The van der Waals surface area contributed by atoms with Crippen LogP contribution in [-0.4, -0.2) is 21.9 Å². The summed E-state index contributed by atoms with van der Waals surface area (Å²) in [5, 5.41) is 1.99. The van der Waals surface area contributed by atoms with Crippen molar-refractivity contribution in [2.45, 2.75) is 19.5 Å². The molecule has 0 saturated carbocycles. The molecule has 1 amide bonds. The SMILES string of the molecule is C=CCN(Cc1cccs1)C(=O)CCn1c(=O)oc2ccccc21. The number of benzene rings is 1. The second kappa shape index (κ2) is 7.31. The normalized spacial score (nSPS) is 10.8. The van der Waals surface area contributed by atoms with Crippen LogP contribution in [0.3, 0.4) is 0 Å². The maximum absolute atomic E-state index is 12.5. The van der Waals surface area contributed by atoms with Gasteiger partial charge in [-0.2, -0.15) is 0 Å². The monoisotopic (exact) mass is 342 g/mol. The Morgan fingerprint density at radius 1 is 1.29 bits per heavy atom. The van der Waals surface area contributed by atoms with Gasteiger partial charge in [0.1, 0.15) is 0 Å². The number of nitrogens with zero attached hydrogens (tertiary/aromatic N) is 2. The predicted molar refractivity (Wildman–Crippen MR) is 95.0 cm³/mol. The molecule has 3 rings (SSSR count).